The Hall–Kier alpha value is -0.233. The summed E-state index contributed by atoms with van der Waals surface area (Å²) in [5.41, 5.74) is 0. The van der Waals surface area contributed by atoms with E-state index in [1.807, 2.05) is 0 Å². The third kappa shape index (κ3) is 2.57. The van der Waals surface area contributed by atoms with Crippen molar-refractivity contribution in [3.8, 4) is 0 Å². The zero-order chi connectivity index (χ0) is 6.69. The quantitative estimate of drug-likeness (QED) is 0.353. The first kappa shape index (κ1) is 9.77. The van der Waals surface area contributed by atoms with E-state index in [4.69, 9.17) is 0 Å². The van der Waals surface area contributed by atoms with Gasteiger partial charge in [-0.05, 0) is 10.7 Å². The van der Waals surface area contributed by atoms with E-state index >= 15 is 0 Å². The van der Waals surface area contributed by atoms with Gasteiger partial charge in [0.25, 0.3) is 0 Å². The number of hydrogen-bond donors (Lipinski definition) is 0. The van der Waals surface area contributed by atoms with Crippen molar-refractivity contribution in [2.75, 3.05) is 0 Å². The predicted octanol–water partition coefficient (Wildman–Crippen LogP) is -1.64. The van der Waals surface area contributed by atoms with Crippen molar-refractivity contribution in [1.29, 1.82) is 0 Å². The van der Waals surface area contributed by atoms with Crippen molar-refractivity contribution in [1.82, 2.24) is 0 Å². The maximum absolute atomic E-state index is 10.2. The van der Waals surface area contributed by atoms with Crippen LogP contribution in [0.5, 0.6) is 0 Å². The number of benzene rings is 1. The summed E-state index contributed by atoms with van der Waals surface area (Å²) in [5, 5.41) is 0. The molecule has 10 heavy (non-hydrogen) atoms. The Labute approximate surface area is 73.4 Å². The van der Waals surface area contributed by atoms with Crippen molar-refractivity contribution in [3.05, 3.63) is 30.3 Å². The molecule has 0 amide bonds. The molecule has 4 heteroatoms. The molecule has 1 aromatic carbocycles. The van der Waals surface area contributed by atoms with Crippen LogP contribution in [-0.4, -0.2) is 0 Å². The van der Waals surface area contributed by atoms with Crippen molar-refractivity contribution in [2.45, 2.75) is 4.90 Å². The van der Waals surface area contributed by atoms with Gasteiger partial charge in [0.1, 0.15) is 0 Å². The van der Waals surface area contributed by atoms with Crippen LogP contribution in [0.3, 0.4) is 0 Å². The molecule has 2 nitrogen and oxygen atoms in total. The van der Waals surface area contributed by atoms with E-state index in [0.717, 1.165) is 0 Å². The molecule has 0 bridgehead atoms. The molecule has 0 aromatic heterocycles. The Balaban J connectivity index is 0.000000810. The summed E-state index contributed by atoms with van der Waals surface area (Å²) >= 11 is 0. The van der Waals surface area contributed by atoms with Crippen molar-refractivity contribution in [2.24, 2.45) is 0 Å². The monoisotopic (exact) mass is 148 g/mol. The summed E-state index contributed by atoms with van der Waals surface area (Å²) in [5.74, 6) is 0. The predicted molar refractivity (Wildman–Crippen MR) is 33.4 cm³/mol. The molecular weight excluding hydrogens is 143 g/mol. The first-order valence-electron chi connectivity index (χ1n) is 2.45. The minimum Gasteiger partial charge on any atom is -0.420 e. The smallest absolute Gasteiger partial charge is 0.420 e. The van der Waals surface area contributed by atoms with Crippen molar-refractivity contribution >= 4 is 10.7 Å². The fraction of sp³-hybridized carbons (Fsp3) is 0. The van der Waals surface area contributed by atoms with Gasteiger partial charge in [0.2, 0.25) is 0 Å². The fourth-order valence-electron chi connectivity index (χ4n) is 0.532. The SMILES string of the molecule is O=[S-](=O)c1ccccc1.[Li+]. The largest absolute Gasteiger partial charge is 1.00 e. The number of rotatable bonds is 1. The molecular formula is C6H5LiO2S. The molecule has 0 N–H and O–H groups in total. The first-order valence-corrected chi connectivity index (χ1v) is 3.52. The van der Waals surface area contributed by atoms with Gasteiger partial charge in [0.05, 0.1) is 0 Å². The standard InChI is InChI=1S/C6H5O2S.Li/c7-9(8)6-4-2-1-3-5-6;/h1-5H;/q-1;+1. The van der Waals surface area contributed by atoms with Crippen LogP contribution >= 0.6 is 0 Å². The van der Waals surface area contributed by atoms with Gasteiger partial charge in [-0.1, -0.05) is 35.2 Å². The fourth-order valence-corrected chi connectivity index (χ4v) is 0.911. The van der Waals surface area contributed by atoms with E-state index in [2.05, 4.69) is 0 Å². The van der Waals surface area contributed by atoms with Crippen LogP contribution in [-0.2, 0) is 19.1 Å². The second kappa shape index (κ2) is 4.56. The second-order valence-corrected chi connectivity index (χ2v) is 2.49. The summed E-state index contributed by atoms with van der Waals surface area (Å²) in [6.45, 7) is 0. The molecule has 0 radical (unpaired) electrons. The topological polar surface area (TPSA) is 34.1 Å². The summed E-state index contributed by atoms with van der Waals surface area (Å²) < 4.78 is 20.4. The summed E-state index contributed by atoms with van der Waals surface area (Å²) in [6, 6.07) is 8.23. The average molecular weight is 148 g/mol. The van der Waals surface area contributed by atoms with Gasteiger partial charge < -0.3 is 8.42 Å². The zero-order valence-corrected chi connectivity index (χ0v) is 6.43. The minimum absolute atomic E-state index is 0. The maximum atomic E-state index is 10.2. The third-order valence-electron chi connectivity index (χ3n) is 0.936. The maximum Gasteiger partial charge on any atom is 1.00 e. The number of hydrogen-bond acceptors (Lipinski definition) is 3. The van der Waals surface area contributed by atoms with Crippen LogP contribution in [0.15, 0.2) is 35.2 Å². The van der Waals surface area contributed by atoms with Crippen molar-refractivity contribution < 1.29 is 27.3 Å². The van der Waals surface area contributed by atoms with Gasteiger partial charge in [-0.15, -0.1) is 0 Å². The molecule has 0 saturated carbocycles. The molecule has 0 aliphatic rings. The Kier molecular flexibility index (Phi) is 4.46. The van der Waals surface area contributed by atoms with Crippen molar-refractivity contribution in [3.63, 3.8) is 0 Å². The normalized spacial score (nSPS) is 8.90. The van der Waals surface area contributed by atoms with Gasteiger partial charge >= 0.3 is 18.9 Å². The van der Waals surface area contributed by atoms with Crippen LogP contribution in [0.4, 0.5) is 0 Å². The molecule has 0 spiro atoms. The van der Waals surface area contributed by atoms with Gasteiger partial charge in [-0.2, -0.15) is 0 Å². The van der Waals surface area contributed by atoms with Crippen LogP contribution < -0.4 is 18.9 Å². The van der Waals surface area contributed by atoms with Crippen LogP contribution in [0.1, 0.15) is 0 Å². The Morgan fingerprint density at radius 1 is 1.00 bits per heavy atom. The molecule has 0 aliphatic carbocycles. The summed E-state index contributed by atoms with van der Waals surface area (Å²) in [6.07, 6.45) is 0. The molecule has 0 heterocycles. The molecule has 1 aromatic rings. The van der Waals surface area contributed by atoms with Crippen LogP contribution in [0.25, 0.3) is 0 Å². The molecule has 0 unspecified atom stereocenters. The van der Waals surface area contributed by atoms with E-state index in [0.29, 0.717) is 4.90 Å². The van der Waals surface area contributed by atoms with Gasteiger partial charge in [0.15, 0.2) is 0 Å². The van der Waals surface area contributed by atoms with Gasteiger partial charge in [-0.25, -0.2) is 0 Å². The van der Waals surface area contributed by atoms with E-state index in [1.54, 1.807) is 30.3 Å². The van der Waals surface area contributed by atoms with E-state index in [1.165, 1.54) is 0 Å². The zero-order valence-electron chi connectivity index (χ0n) is 5.61. The van der Waals surface area contributed by atoms with E-state index < -0.39 is 10.7 Å². The van der Waals surface area contributed by atoms with Crippen LogP contribution in [0, 0.1) is 0 Å². The van der Waals surface area contributed by atoms with E-state index in [9.17, 15) is 8.42 Å². The molecule has 0 saturated heterocycles. The summed E-state index contributed by atoms with van der Waals surface area (Å²) in [7, 11) is -2.08. The average Bonchev–Trinajstić information content (AvgIpc) is 1.90. The third-order valence-corrected chi connectivity index (χ3v) is 1.59. The Morgan fingerprint density at radius 3 is 1.80 bits per heavy atom. The van der Waals surface area contributed by atoms with Gasteiger partial charge in [0, 0.05) is 0 Å². The second-order valence-electron chi connectivity index (χ2n) is 1.55. The molecule has 0 fully saturated rings. The van der Waals surface area contributed by atoms with Gasteiger partial charge in [-0.3, -0.25) is 0 Å². The molecule has 0 atom stereocenters. The first-order chi connectivity index (χ1) is 4.30. The molecule has 48 valence electrons. The Bertz CT molecular complexity index is 248. The van der Waals surface area contributed by atoms with E-state index in [-0.39, 0.29) is 18.9 Å². The molecule has 1 rings (SSSR count). The summed E-state index contributed by atoms with van der Waals surface area (Å²) in [4.78, 5) is 0.331. The Morgan fingerprint density at radius 2 is 1.50 bits per heavy atom. The minimum atomic E-state index is -2.08. The molecule has 0 aliphatic heterocycles. The van der Waals surface area contributed by atoms with Crippen LogP contribution in [0.2, 0.25) is 0 Å².